The first-order valence-electron chi connectivity index (χ1n) is 7.55. The summed E-state index contributed by atoms with van der Waals surface area (Å²) in [6.45, 7) is 7.18. The third-order valence-electron chi connectivity index (χ3n) is 3.25. The Labute approximate surface area is 147 Å². The fourth-order valence-corrected chi connectivity index (χ4v) is 3.91. The highest BCUT2D eigenvalue weighted by molar-refractivity contribution is 7.89. The van der Waals surface area contributed by atoms with Crippen molar-refractivity contribution in [3.8, 4) is 0 Å². The molecule has 0 radical (unpaired) electrons. The molecule has 0 fully saturated rings. The first-order valence-corrected chi connectivity index (χ1v) is 10.4. The number of nitrogens with one attached hydrogen (secondary N) is 1. The summed E-state index contributed by atoms with van der Waals surface area (Å²) in [7, 11) is -2.07. The Morgan fingerprint density at radius 2 is 1.88 bits per heavy atom. The van der Waals surface area contributed by atoms with Crippen LogP contribution in [0.25, 0.3) is 0 Å². The van der Waals surface area contributed by atoms with Gasteiger partial charge in [-0.15, -0.1) is 0 Å². The van der Waals surface area contributed by atoms with Crippen LogP contribution in [0.4, 0.5) is 0 Å². The first kappa shape index (κ1) is 20.8. The van der Waals surface area contributed by atoms with Crippen molar-refractivity contribution < 1.29 is 17.4 Å². The molecule has 0 saturated heterocycles. The standard InChI is InChI=1S/C16H26N2O4S2/c1-12(15(19)17-16(2,3)4)23(20)11-13-8-7-9-14(10-13)24(21,22)18(5)6/h7-10,12H,11H2,1-6H3,(H,17,19)/t12-,23+/m0/s1. The highest BCUT2D eigenvalue weighted by Gasteiger charge is 2.24. The molecule has 0 aliphatic rings. The number of sulfonamides is 1. The second-order valence-electron chi connectivity index (χ2n) is 6.84. The summed E-state index contributed by atoms with van der Waals surface area (Å²) in [5.74, 6) is -0.159. The average molecular weight is 375 g/mol. The van der Waals surface area contributed by atoms with Gasteiger partial charge in [-0.2, -0.15) is 0 Å². The lowest BCUT2D eigenvalue weighted by Gasteiger charge is -2.23. The van der Waals surface area contributed by atoms with E-state index in [-0.39, 0.29) is 16.6 Å². The second kappa shape index (κ2) is 7.76. The largest absolute Gasteiger partial charge is 0.350 e. The molecule has 6 nitrogen and oxygen atoms in total. The van der Waals surface area contributed by atoms with Crippen LogP contribution in [0, 0.1) is 0 Å². The van der Waals surface area contributed by atoms with Gasteiger partial charge in [0, 0.05) is 36.2 Å². The molecule has 0 aromatic heterocycles. The minimum Gasteiger partial charge on any atom is -0.350 e. The summed E-state index contributed by atoms with van der Waals surface area (Å²) >= 11 is 0. The summed E-state index contributed by atoms with van der Waals surface area (Å²) in [5.41, 5.74) is 0.224. The fraction of sp³-hybridized carbons (Fsp3) is 0.562. The number of amides is 1. The van der Waals surface area contributed by atoms with Crippen molar-refractivity contribution in [1.29, 1.82) is 0 Å². The predicted molar refractivity (Wildman–Crippen MR) is 96.5 cm³/mol. The first-order chi connectivity index (χ1) is 10.8. The third-order valence-corrected chi connectivity index (χ3v) is 6.68. The van der Waals surface area contributed by atoms with E-state index in [0.29, 0.717) is 5.56 Å². The molecule has 0 unspecified atom stereocenters. The van der Waals surface area contributed by atoms with E-state index < -0.39 is 31.6 Å². The number of hydrogen-bond acceptors (Lipinski definition) is 4. The molecule has 0 spiro atoms. The molecule has 1 amide bonds. The zero-order chi connectivity index (χ0) is 18.7. The van der Waals surface area contributed by atoms with E-state index in [9.17, 15) is 17.4 Å². The van der Waals surface area contributed by atoms with Crippen molar-refractivity contribution in [2.45, 2.75) is 49.1 Å². The molecule has 0 bridgehead atoms. The number of hydrogen-bond donors (Lipinski definition) is 1. The van der Waals surface area contributed by atoms with Gasteiger partial charge in [0.05, 0.1) is 4.90 Å². The van der Waals surface area contributed by atoms with Crippen LogP contribution >= 0.6 is 0 Å². The summed E-state index contributed by atoms with van der Waals surface area (Å²) in [4.78, 5) is 12.2. The summed E-state index contributed by atoms with van der Waals surface area (Å²) in [6, 6.07) is 6.32. The smallest absolute Gasteiger partial charge is 0.242 e. The van der Waals surface area contributed by atoms with Crippen LogP contribution in [-0.2, 0) is 31.4 Å². The van der Waals surface area contributed by atoms with Gasteiger partial charge in [0.2, 0.25) is 15.9 Å². The van der Waals surface area contributed by atoms with Crippen molar-refractivity contribution in [3.63, 3.8) is 0 Å². The molecule has 136 valence electrons. The van der Waals surface area contributed by atoms with Crippen LogP contribution in [0.15, 0.2) is 29.2 Å². The maximum absolute atomic E-state index is 12.4. The normalized spacial score (nSPS) is 15.1. The van der Waals surface area contributed by atoms with Crippen molar-refractivity contribution in [2.24, 2.45) is 0 Å². The lowest BCUT2D eigenvalue weighted by Crippen LogP contribution is -2.46. The molecule has 1 aromatic carbocycles. The molecular formula is C16H26N2O4S2. The number of benzene rings is 1. The van der Waals surface area contributed by atoms with E-state index in [0.717, 1.165) is 4.31 Å². The highest BCUT2D eigenvalue weighted by atomic mass is 32.2. The molecule has 0 aliphatic heterocycles. The second-order valence-corrected chi connectivity index (χ2v) is 10.8. The van der Waals surface area contributed by atoms with E-state index in [1.807, 2.05) is 20.8 Å². The van der Waals surface area contributed by atoms with Gasteiger partial charge in [-0.05, 0) is 45.4 Å². The Morgan fingerprint density at radius 3 is 2.38 bits per heavy atom. The van der Waals surface area contributed by atoms with E-state index in [1.54, 1.807) is 19.1 Å². The van der Waals surface area contributed by atoms with Crippen molar-refractivity contribution >= 4 is 26.7 Å². The predicted octanol–water partition coefficient (Wildman–Crippen LogP) is 1.49. The topological polar surface area (TPSA) is 83.5 Å². The lowest BCUT2D eigenvalue weighted by molar-refractivity contribution is -0.121. The Balaban J connectivity index is 2.91. The maximum atomic E-state index is 12.4. The highest BCUT2D eigenvalue weighted by Crippen LogP contribution is 2.17. The lowest BCUT2D eigenvalue weighted by atomic mass is 10.1. The molecule has 24 heavy (non-hydrogen) atoms. The van der Waals surface area contributed by atoms with Gasteiger partial charge in [-0.3, -0.25) is 9.00 Å². The average Bonchev–Trinajstić information content (AvgIpc) is 2.44. The van der Waals surface area contributed by atoms with Gasteiger partial charge in [0.15, 0.2) is 0 Å². The van der Waals surface area contributed by atoms with E-state index in [4.69, 9.17) is 0 Å². The van der Waals surface area contributed by atoms with Crippen LogP contribution in [0.1, 0.15) is 33.3 Å². The summed E-state index contributed by atoms with van der Waals surface area (Å²) < 4.78 is 37.9. The molecule has 0 saturated carbocycles. The van der Waals surface area contributed by atoms with Gasteiger partial charge in [0.25, 0.3) is 0 Å². The van der Waals surface area contributed by atoms with E-state index in [1.165, 1.54) is 26.2 Å². The molecule has 1 N–H and O–H groups in total. The van der Waals surface area contributed by atoms with Gasteiger partial charge in [-0.1, -0.05) is 12.1 Å². The van der Waals surface area contributed by atoms with Crippen molar-refractivity contribution in [2.75, 3.05) is 14.1 Å². The molecule has 2 atom stereocenters. The number of rotatable bonds is 6. The molecule has 8 heteroatoms. The van der Waals surface area contributed by atoms with Gasteiger partial charge in [0.1, 0.15) is 5.25 Å². The Kier molecular flexibility index (Phi) is 6.72. The number of nitrogens with zero attached hydrogens (tertiary/aromatic N) is 1. The summed E-state index contributed by atoms with van der Waals surface area (Å²) in [6.07, 6.45) is 0. The Morgan fingerprint density at radius 1 is 1.29 bits per heavy atom. The quantitative estimate of drug-likeness (QED) is 0.818. The van der Waals surface area contributed by atoms with Gasteiger partial charge >= 0.3 is 0 Å². The van der Waals surface area contributed by atoms with Crippen LogP contribution < -0.4 is 5.32 Å². The molecule has 1 aromatic rings. The molecule has 0 aliphatic carbocycles. The number of carbonyl (C=O) groups excluding carboxylic acids is 1. The zero-order valence-corrected chi connectivity index (χ0v) is 16.6. The molecule has 1 rings (SSSR count). The van der Waals surface area contributed by atoms with Gasteiger partial charge < -0.3 is 5.32 Å². The van der Waals surface area contributed by atoms with Crippen molar-refractivity contribution in [3.05, 3.63) is 29.8 Å². The van der Waals surface area contributed by atoms with E-state index >= 15 is 0 Å². The van der Waals surface area contributed by atoms with Crippen LogP contribution in [0.3, 0.4) is 0 Å². The fourth-order valence-electron chi connectivity index (χ4n) is 1.89. The third kappa shape index (κ3) is 5.68. The summed E-state index contributed by atoms with van der Waals surface area (Å²) in [5, 5.41) is 2.12. The van der Waals surface area contributed by atoms with Crippen LogP contribution in [-0.4, -0.2) is 47.7 Å². The zero-order valence-electron chi connectivity index (χ0n) is 15.0. The minimum absolute atomic E-state index is 0.121. The SMILES string of the molecule is C[C@@H](C(=O)NC(C)(C)C)[S@](=O)Cc1cccc(S(=O)(=O)N(C)C)c1. The van der Waals surface area contributed by atoms with Gasteiger partial charge in [-0.25, -0.2) is 12.7 Å². The van der Waals surface area contributed by atoms with Crippen LogP contribution in [0.2, 0.25) is 0 Å². The maximum Gasteiger partial charge on any atom is 0.242 e. The Hall–Kier alpha value is -1.25. The minimum atomic E-state index is -3.54. The molecular weight excluding hydrogens is 348 g/mol. The van der Waals surface area contributed by atoms with E-state index in [2.05, 4.69) is 5.32 Å². The monoisotopic (exact) mass is 374 g/mol. The Bertz CT molecular complexity index is 722. The van der Waals surface area contributed by atoms with Crippen molar-refractivity contribution in [1.82, 2.24) is 9.62 Å². The van der Waals surface area contributed by atoms with Crippen LogP contribution in [0.5, 0.6) is 0 Å². The number of carbonyl (C=O) groups is 1. The molecule has 0 heterocycles.